The second-order valence-electron chi connectivity index (χ2n) is 11.2. The molecule has 1 heterocycles. The minimum atomic E-state index is -0.777. The van der Waals surface area contributed by atoms with Gasteiger partial charge >= 0.3 is 0 Å². The summed E-state index contributed by atoms with van der Waals surface area (Å²) in [5.74, 6) is -0.893. The molecule has 1 fully saturated rings. The lowest BCUT2D eigenvalue weighted by atomic mass is 9.86. The van der Waals surface area contributed by atoms with E-state index in [9.17, 15) is 18.8 Å². The molecule has 1 aliphatic heterocycles. The number of rotatable bonds is 1. The molecule has 9 heteroatoms. The van der Waals surface area contributed by atoms with Crippen LogP contribution in [0.1, 0.15) is 59.4 Å². The van der Waals surface area contributed by atoms with E-state index in [1.54, 1.807) is 20.0 Å². The van der Waals surface area contributed by atoms with Gasteiger partial charge < -0.3 is 25.6 Å². The molecule has 1 saturated carbocycles. The summed E-state index contributed by atoms with van der Waals surface area (Å²) in [6.45, 7) is 9.87. The number of fused-ring (bicyclic) bond motifs is 1. The molecule has 0 bridgehead atoms. The van der Waals surface area contributed by atoms with Gasteiger partial charge in [-0.2, -0.15) is 0 Å². The van der Waals surface area contributed by atoms with Gasteiger partial charge in [0.1, 0.15) is 18.2 Å². The van der Waals surface area contributed by atoms with Crippen molar-refractivity contribution in [1.29, 1.82) is 0 Å². The van der Waals surface area contributed by atoms with E-state index in [0.29, 0.717) is 25.9 Å². The number of nitrogens with zero attached hydrogens (tertiary/aromatic N) is 1. The first-order valence-corrected chi connectivity index (χ1v) is 12.9. The van der Waals surface area contributed by atoms with E-state index in [0.717, 1.165) is 18.4 Å². The van der Waals surface area contributed by atoms with Gasteiger partial charge in [0.2, 0.25) is 17.7 Å². The molecule has 0 aromatic heterocycles. The van der Waals surface area contributed by atoms with Crippen LogP contribution in [0.3, 0.4) is 0 Å². The van der Waals surface area contributed by atoms with E-state index in [-0.39, 0.29) is 35.5 Å². The molecule has 1 aromatic rings. The van der Waals surface area contributed by atoms with Gasteiger partial charge in [-0.25, -0.2) is 4.39 Å². The van der Waals surface area contributed by atoms with Gasteiger partial charge in [0.15, 0.2) is 11.6 Å². The van der Waals surface area contributed by atoms with Crippen LogP contribution in [0.5, 0.6) is 5.75 Å². The van der Waals surface area contributed by atoms with Gasteiger partial charge in [0.05, 0.1) is 6.04 Å². The third-order valence-corrected chi connectivity index (χ3v) is 7.00. The smallest absolute Gasteiger partial charge is 0.243 e. The van der Waals surface area contributed by atoms with Crippen molar-refractivity contribution >= 4 is 17.7 Å². The largest absolute Gasteiger partial charge is 0.486 e. The number of hydrogen-bond acceptors (Lipinski definition) is 5. The van der Waals surface area contributed by atoms with E-state index in [1.165, 1.54) is 11.0 Å². The highest BCUT2D eigenvalue weighted by atomic mass is 19.1. The molecule has 2 aliphatic rings. The summed E-state index contributed by atoms with van der Waals surface area (Å²) in [6, 6.07) is 2.85. The number of para-hydroxylation sites is 1. The summed E-state index contributed by atoms with van der Waals surface area (Å²) in [6.07, 6.45) is 2.57. The number of hydrogen-bond donors (Lipinski definition) is 3. The Morgan fingerprint density at radius 3 is 2.42 bits per heavy atom. The highest BCUT2D eigenvalue weighted by Gasteiger charge is 2.40. The average Bonchev–Trinajstić information content (AvgIpc) is 3.64. The van der Waals surface area contributed by atoms with Gasteiger partial charge in [-0.15, -0.1) is 0 Å². The first-order valence-electron chi connectivity index (χ1n) is 12.9. The van der Waals surface area contributed by atoms with Crippen LogP contribution in [0, 0.1) is 17.2 Å². The van der Waals surface area contributed by atoms with Gasteiger partial charge in [-0.1, -0.05) is 32.9 Å². The lowest BCUT2D eigenvalue weighted by Gasteiger charge is -2.34. The zero-order valence-corrected chi connectivity index (χ0v) is 22.3. The summed E-state index contributed by atoms with van der Waals surface area (Å²) < 4.78 is 20.7. The van der Waals surface area contributed by atoms with E-state index in [2.05, 4.69) is 16.0 Å². The Hall–Kier alpha value is -2.68. The molecule has 3 rings (SSSR count). The SMILES string of the molecule is C[C@@H]1CN[C@@H](C2CC2)C(=O)N(C)[C@H](C)C(=O)N[C@H](C(C)(C)C)C(=O)NCCCc2cccc(F)c2O1. The summed E-state index contributed by atoms with van der Waals surface area (Å²) in [7, 11) is 1.61. The number of carbonyl (C=O) groups excluding carboxylic acids is 3. The van der Waals surface area contributed by atoms with Crippen molar-refractivity contribution < 1.29 is 23.5 Å². The van der Waals surface area contributed by atoms with Crippen LogP contribution < -0.4 is 20.7 Å². The molecule has 1 aromatic carbocycles. The van der Waals surface area contributed by atoms with Crippen LogP contribution in [0.4, 0.5) is 4.39 Å². The Kier molecular flexibility index (Phi) is 8.98. The van der Waals surface area contributed by atoms with Crippen LogP contribution in [0.25, 0.3) is 0 Å². The van der Waals surface area contributed by atoms with E-state index in [1.807, 2.05) is 33.8 Å². The maximum absolute atomic E-state index is 14.7. The van der Waals surface area contributed by atoms with Crippen LogP contribution in [0.15, 0.2) is 18.2 Å². The van der Waals surface area contributed by atoms with Crippen LogP contribution in [-0.4, -0.2) is 67.0 Å². The molecular formula is C27H41FN4O4. The molecule has 4 atom stereocenters. The normalized spacial score (nSPS) is 27.8. The van der Waals surface area contributed by atoms with Crippen LogP contribution >= 0.6 is 0 Å². The predicted molar refractivity (Wildman–Crippen MR) is 136 cm³/mol. The van der Waals surface area contributed by atoms with Crippen molar-refractivity contribution in [2.75, 3.05) is 20.1 Å². The number of carbonyl (C=O) groups is 3. The highest BCUT2D eigenvalue weighted by molar-refractivity contribution is 5.93. The van der Waals surface area contributed by atoms with Crippen molar-refractivity contribution in [3.05, 3.63) is 29.6 Å². The number of aryl methyl sites for hydroxylation is 1. The number of amides is 3. The van der Waals surface area contributed by atoms with Gasteiger partial charge in [0, 0.05) is 20.1 Å². The fourth-order valence-corrected chi connectivity index (χ4v) is 4.42. The average molecular weight is 505 g/mol. The molecular weight excluding hydrogens is 463 g/mol. The Balaban J connectivity index is 1.88. The second kappa shape index (κ2) is 11.6. The topological polar surface area (TPSA) is 99.8 Å². The first-order chi connectivity index (χ1) is 16.9. The summed E-state index contributed by atoms with van der Waals surface area (Å²) in [5, 5.41) is 9.08. The molecule has 1 aliphatic carbocycles. The first kappa shape index (κ1) is 27.9. The highest BCUT2D eigenvalue weighted by Crippen LogP contribution is 2.34. The maximum Gasteiger partial charge on any atom is 0.243 e. The third-order valence-electron chi connectivity index (χ3n) is 7.00. The fraction of sp³-hybridized carbons (Fsp3) is 0.667. The van der Waals surface area contributed by atoms with Crippen molar-refractivity contribution in [3.8, 4) is 5.75 Å². The maximum atomic E-state index is 14.7. The third kappa shape index (κ3) is 6.96. The second-order valence-corrected chi connectivity index (χ2v) is 11.2. The molecule has 36 heavy (non-hydrogen) atoms. The van der Waals surface area contributed by atoms with Gasteiger partial charge in [-0.3, -0.25) is 14.4 Å². The molecule has 200 valence electrons. The molecule has 8 nitrogen and oxygen atoms in total. The minimum Gasteiger partial charge on any atom is -0.486 e. The fourth-order valence-electron chi connectivity index (χ4n) is 4.42. The summed E-state index contributed by atoms with van der Waals surface area (Å²) in [4.78, 5) is 41.0. The molecule has 0 unspecified atom stereocenters. The number of nitrogens with one attached hydrogen (secondary N) is 3. The lowest BCUT2D eigenvalue weighted by molar-refractivity contribution is -0.141. The van der Waals surface area contributed by atoms with Gasteiger partial charge in [-0.05, 0) is 62.5 Å². The number of benzene rings is 1. The summed E-state index contributed by atoms with van der Waals surface area (Å²) in [5.41, 5.74) is 0.182. The van der Waals surface area contributed by atoms with Crippen molar-refractivity contribution in [3.63, 3.8) is 0 Å². The lowest BCUT2D eigenvalue weighted by Crippen LogP contribution is -2.59. The molecule has 3 N–H and O–H groups in total. The standard InChI is InChI=1S/C27H41FN4O4/c1-16-15-30-21(18-12-13-18)26(35)32(6)17(2)24(33)31-23(27(3,4)5)25(34)29-14-8-10-19-9-7-11-20(28)22(19)36-16/h7,9,11,16-18,21,23,30H,8,10,12-15H2,1-6H3,(H,29,34)(H,31,33)/t16-,17-,21+,23+/m1/s1. The Bertz CT molecular complexity index is 960. The monoisotopic (exact) mass is 504 g/mol. The number of halogens is 1. The Labute approximate surface area is 213 Å². The quantitative estimate of drug-likeness (QED) is 0.546. The molecule has 0 spiro atoms. The number of likely N-dealkylation sites (N-methyl/N-ethyl adjacent to an activating group) is 1. The van der Waals surface area contributed by atoms with Crippen molar-refractivity contribution in [2.45, 2.75) is 84.5 Å². The molecule has 0 saturated heterocycles. The van der Waals surface area contributed by atoms with E-state index in [4.69, 9.17) is 4.74 Å². The van der Waals surface area contributed by atoms with E-state index < -0.39 is 29.4 Å². The minimum absolute atomic E-state index is 0.184. The molecule has 0 radical (unpaired) electrons. The van der Waals surface area contributed by atoms with Crippen molar-refractivity contribution in [1.82, 2.24) is 20.9 Å². The van der Waals surface area contributed by atoms with E-state index >= 15 is 0 Å². The van der Waals surface area contributed by atoms with Crippen LogP contribution in [0.2, 0.25) is 0 Å². The van der Waals surface area contributed by atoms with Gasteiger partial charge in [0.25, 0.3) is 0 Å². The zero-order chi connectivity index (χ0) is 26.6. The van der Waals surface area contributed by atoms with Crippen LogP contribution in [-0.2, 0) is 20.8 Å². The Morgan fingerprint density at radius 2 is 1.78 bits per heavy atom. The van der Waals surface area contributed by atoms with Crippen molar-refractivity contribution in [2.24, 2.45) is 11.3 Å². The zero-order valence-electron chi connectivity index (χ0n) is 22.3. The Morgan fingerprint density at radius 1 is 1.08 bits per heavy atom. The summed E-state index contributed by atoms with van der Waals surface area (Å²) >= 11 is 0. The predicted octanol–water partition coefficient (Wildman–Crippen LogP) is 2.40. The number of ether oxygens (including phenoxy) is 1. The molecule has 3 amide bonds.